The van der Waals surface area contributed by atoms with Crippen LogP contribution in [-0.2, 0) is 4.79 Å². The molecule has 110 valence electrons. The first kappa shape index (κ1) is 14.8. The Kier molecular flexibility index (Phi) is 5.22. The molecule has 4 nitrogen and oxygen atoms in total. The van der Waals surface area contributed by atoms with Crippen LogP contribution < -0.4 is 11.1 Å². The van der Waals surface area contributed by atoms with Crippen LogP contribution in [0.25, 0.3) is 0 Å². The van der Waals surface area contributed by atoms with E-state index < -0.39 is 0 Å². The van der Waals surface area contributed by atoms with E-state index in [2.05, 4.69) is 10.2 Å². The molecule has 0 aromatic carbocycles. The Morgan fingerprint density at radius 1 is 1.32 bits per heavy atom. The van der Waals surface area contributed by atoms with Crippen LogP contribution in [0, 0.1) is 5.92 Å². The summed E-state index contributed by atoms with van der Waals surface area (Å²) < 4.78 is 0. The molecule has 0 spiro atoms. The molecule has 2 aliphatic rings. The van der Waals surface area contributed by atoms with Gasteiger partial charge in [-0.15, -0.1) is 0 Å². The van der Waals surface area contributed by atoms with Gasteiger partial charge >= 0.3 is 0 Å². The van der Waals surface area contributed by atoms with Crippen LogP contribution in [0.4, 0.5) is 0 Å². The van der Waals surface area contributed by atoms with E-state index >= 15 is 0 Å². The molecule has 1 saturated carbocycles. The highest BCUT2D eigenvalue weighted by Gasteiger charge is 2.38. The maximum atomic E-state index is 12.0. The highest BCUT2D eigenvalue weighted by atomic mass is 16.1. The maximum absolute atomic E-state index is 12.0. The van der Waals surface area contributed by atoms with Crippen molar-refractivity contribution in [2.24, 2.45) is 11.7 Å². The lowest BCUT2D eigenvalue weighted by atomic mass is 9.90. The molecule has 0 bridgehead atoms. The van der Waals surface area contributed by atoms with Gasteiger partial charge in [-0.25, -0.2) is 0 Å². The highest BCUT2D eigenvalue weighted by Crippen LogP contribution is 2.37. The number of nitrogens with one attached hydrogen (secondary N) is 1. The first-order chi connectivity index (χ1) is 9.11. The van der Waals surface area contributed by atoms with E-state index in [9.17, 15) is 4.79 Å². The number of carbonyl (C=O) groups is 1. The Bertz CT molecular complexity index is 306. The Labute approximate surface area is 117 Å². The zero-order valence-electron chi connectivity index (χ0n) is 12.4. The number of nitrogens with two attached hydrogens (primary N) is 1. The lowest BCUT2D eigenvalue weighted by Crippen LogP contribution is -2.52. The van der Waals surface area contributed by atoms with Gasteiger partial charge in [-0.2, -0.15) is 0 Å². The van der Waals surface area contributed by atoms with Crippen LogP contribution in [0.5, 0.6) is 0 Å². The third-order valence-corrected chi connectivity index (χ3v) is 4.65. The molecule has 3 unspecified atom stereocenters. The number of fused-ring (bicyclic) bond motifs is 1. The molecule has 0 radical (unpaired) electrons. The van der Waals surface area contributed by atoms with Crippen molar-refractivity contribution in [3.63, 3.8) is 0 Å². The minimum absolute atomic E-state index is 0.144. The van der Waals surface area contributed by atoms with E-state index in [1.54, 1.807) is 0 Å². The fourth-order valence-electron chi connectivity index (χ4n) is 3.88. The predicted octanol–water partition coefficient (Wildman–Crippen LogP) is 1.49. The van der Waals surface area contributed by atoms with Crippen LogP contribution in [0.1, 0.15) is 52.4 Å². The van der Waals surface area contributed by atoms with Gasteiger partial charge in [0.25, 0.3) is 0 Å². The van der Waals surface area contributed by atoms with Crippen LogP contribution in [-0.4, -0.2) is 42.0 Å². The van der Waals surface area contributed by atoms with Gasteiger partial charge in [0.15, 0.2) is 0 Å². The molecule has 1 heterocycles. The number of amides is 1. The quantitative estimate of drug-likeness (QED) is 0.793. The normalized spacial score (nSPS) is 29.3. The van der Waals surface area contributed by atoms with E-state index in [-0.39, 0.29) is 18.0 Å². The molecular formula is C15H29N3O. The van der Waals surface area contributed by atoms with Gasteiger partial charge < -0.3 is 11.1 Å². The number of piperidine rings is 1. The maximum Gasteiger partial charge on any atom is 0.221 e. The van der Waals surface area contributed by atoms with Gasteiger partial charge in [0.2, 0.25) is 5.91 Å². The summed E-state index contributed by atoms with van der Waals surface area (Å²) >= 11 is 0. The van der Waals surface area contributed by atoms with Crippen LogP contribution >= 0.6 is 0 Å². The third kappa shape index (κ3) is 3.69. The second-order valence-electron chi connectivity index (χ2n) is 6.45. The van der Waals surface area contributed by atoms with E-state index in [1.807, 2.05) is 13.8 Å². The van der Waals surface area contributed by atoms with E-state index in [4.69, 9.17) is 5.73 Å². The minimum atomic E-state index is 0.144. The highest BCUT2D eigenvalue weighted by molar-refractivity contribution is 5.76. The zero-order valence-corrected chi connectivity index (χ0v) is 12.4. The SMILES string of the molecule is CC(C)NC(=O)CC(CN)N1CCCC2CCCC21. The van der Waals surface area contributed by atoms with Crippen LogP contribution in [0.15, 0.2) is 0 Å². The third-order valence-electron chi connectivity index (χ3n) is 4.65. The molecule has 4 heteroatoms. The van der Waals surface area contributed by atoms with Crippen molar-refractivity contribution in [2.45, 2.75) is 70.5 Å². The molecule has 2 fully saturated rings. The number of hydrogen-bond acceptors (Lipinski definition) is 3. The number of likely N-dealkylation sites (tertiary alicyclic amines) is 1. The number of rotatable bonds is 5. The molecule has 1 aliphatic carbocycles. The second-order valence-corrected chi connectivity index (χ2v) is 6.45. The summed E-state index contributed by atoms with van der Waals surface area (Å²) in [6.07, 6.45) is 7.21. The van der Waals surface area contributed by atoms with E-state index in [0.717, 1.165) is 12.5 Å². The predicted molar refractivity (Wildman–Crippen MR) is 77.8 cm³/mol. The topological polar surface area (TPSA) is 58.4 Å². The Morgan fingerprint density at radius 2 is 2.05 bits per heavy atom. The average molecular weight is 267 g/mol. The zero-order chi connectivity index (χ0) is 13.8. The van der Waals surface area contributed by atoms with Gasteiger partial charge in [-0.3, -0.25) is 9.69 Å². The molecule has 19 heavy (non-hydrogen) atoms. The van der Waals surface area contributed by atoms with E-state index in [0.29, 0.717) is 19.0 Å². The van der Waals surface area contributed by atoms with Crippen LogP contribution in [0.2, 0.25) is 0 Å². The second kappa shape index (κ2) is 6.71. The van der Waals surface area contributed by atoms with Crippen molar-refractivity contribution in [3.05, 3.63) is 0 Å². The summed E-state index contributed by atoms with van der Waals surface area (Å²) in [6.45, 7) is 5.72. The fraction of sp³-hybridized carbons (Fsp3) is 0.933. The summed E-state index contributed by atoms with van der Waals surface area (Å²) in [5.74, 6) is 1.00. The van der Waals surface area contributed by atoms with Gasteiger partial charge in [-0.1, -0.05) is 6.42 Å². The number of carbonyl (C=O) groups excluding carboxylic acids is 1. The van der Waals surface area contributed by atoms with Crippen molar-refractivity contribution in [2.75, 3.05) is 13.1 Å². The van der Waals surface area contributed by atoms with Crippen molar-refractivity contribution in [1.29, 1.82) is 0 Å². The van der Waals surface area contributed by atoms with Gasteiger partial charge in [-0.05, 0) is 52.0 Å². The molecule has 1 aliphatic heterocycles. The number of nitrogens with zero attached hydrogens (tertiary/aromatic N) is 1. The lowest BCUT2D eigenvalue weighted by molar-refractivity contribution is -0.123. The molecule has 0 aromatic rings. The summed E-state index contributed by atoms with van der Waals surface area (Å²) in [5.41, 5.74) is 5.94. The standard InChI is InChI=1S/C15H29N3O/c1-11(2)17-15(19)9-13(10-16)18-8-4-6-12-5-3-7-14(12)18/h11-14H,3-10,16H2,1-2H3,(H,17,19). The molecular weight excluding hydrogens is 238 g/mol. The largest absolute Gasteiger partial charge is 0.354 e. The fourth-order valence-corrected chi connectivity index (χ4v) is 3.88. The van der Waals surface area contributed by atoms with Crippen molar-refractivity contribution >= 4 is 5.91 Å². The Morgan fingerprint density at radius 3 is 2.74 bits per heavy atom. The van der Waals surface area contributed by atoms with Crippen molar-refractivity contribution in [3.8, 4) is 0 Å². The number of hydrogen-bond donors (Lipinski definition) is 2. The summed E-state index contributed by atoms with van der Waals surface area (Å²) in [4.78, 5) is 14.5. The first-order valence-electron chi connectivity index (χ1n) is 7.87. The smallest absolute Gasteiger partial charge is 0.221 e. The Balaban J connectivity index is 1.94. The molecule has 2 rings (SSSR count). The molecule has 3 N–H and O–H groups in total. The van der Waals surface area contributed by atoms with Crippen LogP contribution in [0.3, 0.4) is 0 Å². The van der Waals surface area contributed by atoms with Gasteiger partial charge in [0.05, 0.1) is 0 Å². The molecule has 1 saturated heterocycles. The molecule has 1 amide bonds. The van der Waals surface area contributed by atoms with Gasteiger partial charge in [0, 0.05) is 31.1 Å². The summed E-state index contributed by atoms with van der Waals surface area (Å²) in [7, 11) is 0. The first-order valence-corrected chi connectivity index (χ1v) is 7.87. The van der Waals surface area contributed by atoms with E-state index in [1.165, 1.54) is 32.1 Å². The monoisotopic (exact) mass is 267 g/mol. The summed E-state index contributed by atoms with van der Waals surface area (Å²) in [5, 5.41) is 2.99. The van der Waals surface area contributed by atoms with Gasteiger partial charge in [0.1, 0.15) is 0 Å². The van der Waals surface area contributed by atoms with Crippen molar-refractivity contribution < 1.29 is 4.79 Å². The summed E-state index contributed by atoms with van der Waals surface area (Å²) in [6, 6.07) is 1.13. The Hall–Kier alpha value is -0.610. The average Bonchev–Trinajstić information content (AvgIpc) is 2.83. The lowest BCUT2D eigenvalue weighted by Gasteiger charge is -2.42. The van der Waals surface area contributed by atoms with Crippen molar-refractivity contribution in [1.82, 2.24) is 10.2 Å². The molecule has 3 atom stereocenters. The minimum Gasteiger partial charge on any atom is -0.354 e. The molecule has 0 aromatic heterocycles.